The average Bonchev–Trinajstić information content (AvgIpc) is 2.46. The van der Waals surface area contributed by atoms with Gasteiger partial charge >= 0.3 is 6.18 Å². The molecule has 1 N–H and O–H groups in total. The van der Waals surface area contributed by atoms with Gasteiger partial charge in [-0.05, 0) is 51.6 Å². The summed E-state index contributed by atoms with van der Waals surface area (Å²) in [5.74, 6) is -1.35. The Hall–Kier alpha value is -0.490. The topological polar surface area (TPSA) is 32.3 Å². The first-order valence-electron chi connectivity index (χ1n) is 7.92. The number of carbonyl (C=O) groups excluding carboxylic acids is 1. The molecule has 0 spiro atoms. The largest absolute Gasteiger partial charge is 0.391 e. The second kappa shape index (κ2) is 8.39. The SMILES string of the molecule is CNCC1CCCN(C(=O)C2CCCC(C(F)(F)F)C2)C1.Cl. The Morgan fingerprint density at radius 1 is 1.23 bits per heavy atom. The highest BCUT2D eigenvalue weighted by Crippen LogP contribution is 2.40. The van der Waals surface area contributed by atoms with Gasteiger partial charge < -0.3 is 10.2 Å². The van der Waals surface area contributed by atoms with Gasteiger partial charge in [-0.2, -0.15) is 13.2 Å². The number of piperidine rings is 1. The number of carbonyl (C=O) groups is 1. The first-order chi connectivity index (χ1) is 9.91. The van der Waals surface area contributed by atoms with Gasteiger partial charge in [0.2, 0.25) is 5.91 Å². The van der Waals surface area contributed by atoms with Crippen LogP contribution in [-0.4, -0.2) is 43.7 Å². The van der Waals surface area contributed by atoms with E-state index in [1.165, 1.54) is 0 Å². The molecule has 1 amide bonds. The van der Waals surface area contributed by atoms with Crippen LogP contribution in [0.4, 0.5) is 13.2 Å². The lowest BCUT2D eigenvalue weighted by Gasteiger charge is -2.37. The molecule has 2 aliphatic rings. The van der Waals surface area contributed by atoms with Crippen LogP contribution in [0.1, 0.15) is 38.5 Å². The fourth-order valence-electron chi connectivity index (χ4n) is 3.69. The summed E-state index contributed by atoms with van der Waals surface area (Å²) in [5.41, 5.74) is 0. The molecule has 2 fully saturated rings. The van der Waals surface area contributed by atoms with Crippen LogP contribution in [0.5, 0.6) is 0 Å². The highest BCUT2D eigenvalue weighted by atomic mass is 35.5. The number of amides is 1. The lowest BCUT2D eigenvalue weighted by molar-refractivity contribution is -0.187. The minimum Gasteiger partial charge on any atom is -0.342 e. The van der Waals surface area contributed by atoms with E-state index in [0.29, 0.717) is 31.8 Å². The van der Waals surface area contributed by atoms with Gasteiger partial charge in [0.15, 0.2) is 0 Å². The van der Waals surface area contributed by atoms with Crippen molar-refractivity contribution in [3.8, 4) is 0 Å². The van der Waals surface area contributed by atoms with E-state index in [0.717, 1.165) is 19.4 Å². The summed E-state index contributed by atoms with van der Waals surface area (Å²) >= 11 is 0. The molecule has 22 heavy (non-hydrogen) atoms. The highest BCUT2D eigenvalue weighted by molar-refractivity contribution is 5.85. The summed E-state index contributed by atoms with van der Waals surface area (Å²) in [4.78, 5) is 14.3. The zero-order valence-electron chi connectivity index (χ0n) is 13.0. The second-order valence-corrected chi connectivity index (χ2v) is 6.45. The molecule has 1 saturated carbocycles. The Balaban J connectivity index is 0.00000242. The Kier molecular flexibility index (Phi) is 7.46. The van der Waals surface area contributed by atoms with Crippen LogP contribution in [0.3, 0.4) is 0 Å². The van der Waals surface area contributed by atoms with Crippen molar-refractivity contribution in [2.45, 2.75) is 44.7 Å². The van der Waals surface area contributed by atoms with Crippen LogP contribution in [0, 0.1) is 17.8 Å². The van der Waals surface area contributed by atoms with E-state index in [9.17, 15) is 18.0 Å². The maximum atomic E-state index is 12.8. The van der Waals surface area contributed by atoms with E-state index < -0.39 is 18.0 Å². The Morgan fingerprint density at radius 2 is 1.95 bits per heavy atom. The first kappa shape index (κ1) is 19.6. The number of halogens is 4. The van der Waals surface area contributed by atoms with Gasteiger partial charge in [0.25, 0.3) is 0 Å². The molecule has 1 aliphatic heterocycles. The minimum atomic E-state index is -4.16. The molecule has 1 aliphatic carbocycles. The van der Waals surface area contributed by atoms with Crippen molar-refractivity contribution >= 4 is 18.3 Å². The molecule has 2 rings (SSSR count). The maximum absolute atomic E-state index is 12.8. The van der Waals surface area contributed by atoms with Gasteiger partial charge in [-0.3, -0.25) is 4.79 Å². The quantitative estimate of drug-likeness (QED) is 0.854. The van der Waals surface area contributed by atoms with Gasteiger partial charge in [0.1, 0.15) is 0 Å². The Morgan fingerprint density at radius 3 is 2.59 bits per heavy atom. The molecule has 3 nitrogen and oxygen atoms in total. The van der Waals surface area contributed by atoms with E-state index in [1.54, 1.807) is 4.90 Å². The zero-order chi connectivity index (χ0) is 15.5. The molecule has 3 unspecified atom stereocenters. The molecule has 130 valence electrons. The van der Waals surface area contributed by atoms with Crippen LogP contribution < -0.4 is 5.32 Å². The van der Waals surface area contributed by atoms with Crippen LogP contribution in [0.2, 0.25) is 0 Å². The highest BCUT2D eigenvalue weighted by Gasteiger charge is 2.44. The van der Waals surface area contributed by atoms with Crippen molar-refractivity contribution < 1.29 is 18.0 Å². The zero-order valence-corrected chi connectivity index (χ0v) is 13.8. The maximum Gasteiger partial charge on any atom is 0.391 e. The summed E-state index contributed by atoms with van der Waals surface area (Å²) in [6, 6.07) is 0. The predicted octanol–water partition coefficient (Wildman–Crippen LogP) is 3.23. The number of likely N-dealkylation sites (tertiary alicyclic amines) is 1. The fraction of sp³-hybridized carbons (Fsp3) is 0.933. The molecule has 1 saturated heterocycles. The molecule has 3 atom stereocenters. The number of alkyl halides is 3. The summed E-state index contributed by atoms with van der Waals surface area (Å²) < 4.78 is 38.5. The molecule has 0 aromatic carbocycles. The van der Waals surface area contributed by atoms with Crippen molar-refractivity contribution in [2.75, 3.05) is 26.7 Å². The third kappa shape index (κ3) is 5.01. The molecule has 0 aromatic rings. The molecule has 0 aromatic heterocycles. The molecular formula is C15H26ClF3N2O. The van der Waals surface area contributed by atoms with Crippen molar-refractivity contribution in [1.29, 1.82) is 0 Å². The summed E-state index contributed by atoms with van der Waals surface area (Å²) in [5, 5.41) is 3.12. The number of nitrogens with one attached hydrogen (secondary N) is 1. The summed E-state index contributed by atoms with van der Waals surface area (Å²) in [7, 11) is 1.88. The van der Waals surface area contributed by atoms with E-state index in [2.05, 4.69) is 5.32 Å². The molecule has 7 heteroatoms. The Bertz CT molecular complexity index is 363. The smallest absolute Gasteiger partial charge is 0.342 e. The van der Waals surface area contributed by atoms with Gasteiger partial charge in [-0.1, -0.05) is 6.42 Å². The van der Waals surface area contributed by atoms with Crippen LogP contribution >= 0.6 is 12.4 Å². The predicted molar refractivity (Wildman–Crippen MR) is 82.0 cm³/mol. The van der Waals surface area contributed by atoms with Crippen molar-refractivity contribution in [3.05, 3.63) is 0 Å². The summed E-state index contributed by atoms with van der Waals surface area (Å²) in [6.45, 7) is 2.25. The van der Waals surface area contributed by atoms with Crippen LogP contribution in [-0.2, 0) is 4.79 Å². The fourth-order valence-corrected chi connectivity index (χ4v) is 3.69. The van der Waals surface area contributed by atoms with Crippen molar-refractivity contribution in [2.24, 2.45) is 17.8 Å². The monoisotopic (exact) mass is 342 g/mol. The van der Waals surface area contributed by atoms with Crippen LogP contribution in [0.15, 0.2) is 0 Å². The molecule has 0 bridgehead atoms. The van der Waals surface area contributed by atoms with Gasteiger partial charge in [-0.25, -0.2) is 0 Å². The normalized spacial score (nSPS) is 29.8. The lowest BCUT2D eigenvalue weighted by atomic mass is 9.80. The van der Waals surface area contributed by atoms with E-state index in [-0.39, 0.29) is 31.2 Å². The molecular weight excluding hydrogens is 317 g/mol. The average molecular weight is 343 g/mol. The number of nitrogens with zero attached hydrogens (tertiary/aromatic N) is 1. The number of hydrogen-bond acceptors (Lipinski definition) is 2. The standard InChI is InChI=1S/C15H25F3N2O.ClH/c1-19-9-11-4-3-7-20(10-11)14(21)12-5-2-6-13(8-12)15(16,17)18;/h11-13,19H,2-10H2,1H3;1H. The van der Waals surface area contributed by atoms with E-state index >= 15 is 0 Å². The third-order valence-electron chi connectivity index (χ3n) is 4.81. The van der Waals surface area contributed by atoms with Gasteiger partial charge in [0.05, 0.1) is 5.92 Å². The van der Waals surface area contributed by atoms with E-state index in [1.807, 2.05) is 7.05 Å². The van der Waals surface area contributed by atoms with Crippen molar-refractivity contribution in [1.82, 2.24) is 10.2 Å². The van der Waals surface area contributed by atoms with Gasteiger partial charge in [-0.15, -0.1) is 12.4 Å². The second-order valence-electron chi connectivity index (χ2n) is 6.45. The van der Waals surface area contributed by atoms with Crippen molar-refractivity contribution in [3.63, 3.8) is 0 Å². The number of rotatable bonds is 3. The minimum absolute atomic E-state index is 0. The van der Waals surface area contributed by atoms with Gasteiger partial charge in [0, 0.05) is 19.0 Å². The first-order valence-corrected chi connectivity index (χ1v) is 7.92. The third-order valence-corrected chi connectivity index (χ3v) is 4.81. The van der Waals surface area contributed by atoms with Crippen LogP contribution in [0.25, 0.3) is 0 Å². The molecule has 1 heterocycles. The Labute approximate surface area is 136 Å². The molecule has 0 radical (unpaired) electrons. The lowest BCUT2D eigenvalue weighted by Crippen LogP contribution is -2.46. The summed E-state index contributed by atoms with van der Waals surface area (Å²) in [6.07, 6.45) is -0.846. The number of hydrogen-bond donors (Lipinski definition) is 1. The van der Waals surface area contributed by atoms with E-state index in [4.69, 9.17) is 0 Å².